The molecule has 0 saturated carbocycles. The number of rotatable bonds is 6. The average molecular weight is 457 g/mol. The molecule has 0 unspecified atom stereocenters. The van der Waals surface area contributed by atoms with E-state index in [4.69, 9.17) is 27.9 Å². The number of fused-ring (bicyclic) bond motifs is 3. The first-order valence-electron chi connectivity index (χ1n) is 8.84. The van der Waals surface area contributed by atoms with Gasteiger partial charge in [0.05, 0.1) is 16.5 Å². The third kappa shape index (κ3) is 3.91. The van der Waals surface area contributed by atoms with Gasteiger partial charge in [-0.3, -0.25) is 9.36 Å². The van der Waals surface area contributed by atoms with E-state index < -0.39 is 6.10 Å². The van der Waals surface area contributed by atoms with Crippen molar-refractivity contribution in [3.05, 3.63) is 49.0 Å². The summed E-state index contributed by atoms with van der Waals surface area (Å²) in [6.45, 7) is 0.0660. The number of halogens is 2. The van der Waals surface area contributed by atoms with Crippen LogP contribution in [0.15, 0.2) is 28.2 Å². The van der Waals surface area contributed by atoms with E-state index in [1.54, 1.807) is 41.2 Å². The van der Waals surface area contributed by atoms with Crippen LogP contribution in [0.1, 0.15) is 16.9 Å². The Bertz CT molecular complexity index is 1100. The van der Waals surface area contributed by atoms with Crippen LogP contribution in [0.4, 0.5) is 0 Å². The summed E-state index contributed by atoms with van der Waals surface area (Å²) in [5.41, 5.74) is 1.17. The molecule has 1 N–H and O–H groups in total. The van der Waals surface area contributed by atoms with Gasteiger partial charge in [-0.05, 0) is 37.0 Å². The van der Waals surface area contributed by atoms with Crippen LogP contribution in [0.5, 0.6) is 5.75 Å². The number of hydrogen-bond donors (Lipinski definition) is 1. The Balaban J connectivity index is 1.44. The number of aromatic nitrogens is 2. The zero-order valence-corrected chi connectivity index (χ0v) is 18.2. The van der Waals surface area contributed by atoms with Crippen LogP contribution in [0, 0.1) is 0 Å². The van der Waals surface area contributed by atoms with E-state index in [-0.39, 0.29) is 12.2 Å². The minimum Gasteiger partial charge on any atom is -0.489 e. The van der Waals surface area contributed by atoms with E-state index in [0.29, 0.717) is 26.7 Å². The van der Waals surface area contributed by atoms with Gasteiger partial charge in [-0.2, -0.15) is 0 Å². The van der Waals surface area contributed by atoms with Crippen molar-refractivity contribution in [2.75, 3.05) is 12.4 Å². The summed E-state index contributed by atoms with van der Waals surface area (Å²) < 4.78 is 7.14. The normalized spacial score (nSPS) is 14.4. The van der Waals surface area contributed by atoms with Crippen LogP contribution in [0.2, 0.25) is 10.0 Å². The SMILES string of the molecule is Cn1c(SC[C@@H](O)COc2cc(Cl)ccc2Cl)nc2sc3c(c2c1=O)CCC3. The summed E-state index contributed by atoms with van der Waals surface area (Å²) >= 11 is 14.9. The van der Waals surface area contributed by atoms with Crippen molar-refractivity contribution in [2.24, 2.45) is 7.05 Å². The Morgan fingerprint density at radius 1 is 1.39 bits per heavy atom. The first-order chi connectivity index (χ1) is 13.4. The maximum atomic E-state index is 12.8. The zero-order valence-electron chi connectivity index (χ0n) is 15.1. The highest BCUT2D eigenvalue weighted by Gasteiger charge is 2.22. The Hall–Kier alpha value is -1.25. The molecule has 0 radical (unpaired) electrons. The van der Waals surface area contributed by atoms with Gasteiger partial charge in [0.1, 0.15) is 17.2 Å². The monoisotopic (exact) mass is 456 g/mol. The molecule has 4 rings (SSSR count). The number of ether oxygens (including phenoxy) is 1. The number of thioether (sulfide) groups is 1. The molecule has 0 fully saturated rings. The molecule has 0 spiro atoms. The second kappa shape index (κ2) is 8.24. The van der Waals surface area contributed by atoms with Crippen LogP contribution in [0.3, 0.4) is 0 Å². The fourth-order valence-corrected chi connectivity index (χ4v) is 5.74. The van der Waals surface area contributed by atoms with Gasteiger partial charge in [-0.15, -0.1) is 11.3 Å². The minimum atomic E-state index is -0.749. The van der Waals surface area contributed by atoms with Crippen molar-refractivity contribution in [3.63, 3.8) is 0 Å². The number of aliphatic hydroxyl groups is 1. The summed E-state index contributed by atoms with van der Waals surface area (Å²) in [6, 6.07) is 4.93. The van der Waals surface area contributed by atoms with Crippen LogP contribution < -0.4 is 10.3 Å². The Morgan fingerprint density at radius 3 is 3.04 bits per heavy atom. The van der Waals surface area contributed by atoms with E-state index >= 15 is 0 Å². The molecule has 1 aliphatic carbocycles. The molecule has 1 atom stereocenters. The molecule has 9 heteroatoms. The summed E-state index contributed by atoms with van der Waals surface area (Å²) in [5, 5.41) is 12.6. The lowest BCUT2D eigenvalue weighted by molar-refractivity contribution is 0.126. The lowest BCUT2D eigenvalue weighted by Crippen LogP contribution is -2.23. The summed E-state index contributed by atoms with van der Waals surface area (Å²) in [6.07, 6.45) is 2.35. The van der Waals surface area contributed by atoms with Crippen molar-refractivity contribution in [3.8, 4) is 5.75 Å². The fraction of sp³-hybridized carbons (Fsp3) is 0.368. The topological polar surface area (TPSA) is 64.3 Å². The third-order valence-electron chi connectivity index (χ3n) is 4.63. The van der Waals surface area contributed by atoms with E-state index in [2.05, 4.69) is 4.98 Å². The number of hydrogen-bond acceptors (Lipinski definition) is 6. The molecule has 2 heterocycles. The van der Waals surface area contributed by atoms with Crippen molar-refractivity contribution in [2.45, 2.75) is 30.5 Å². The number of nitrogens with zero attached hydrogens (tertiary/aromatic N) is 2. The largest absolute Gasteiger partial charge is 0.489 e. The highest BCUT2D eigenvalue weighted by molar-refractivity contribution is 7.99. The average Bonchev–Trinajstić information content (AvgIpc) is 3.25. The molecule has 0 aliphatic heterocycles. The Morgan fingerprint density at radius 2 is 2.21 bits per heavy atom. The van der Waals surface area contributed by atoms with Gasteiger partial charge in [0.25, 0.3) is 5.56 Å². The van der Waals surface area contributed by atoms with E-state index in [1.165, 1.54) is 22.2 Å². The maximum Gasteiger partial charge on any atom is 0.262 e. The lowest BCUT2D eigenvalue weighted by atomic mass is 10.2. The van der Waals surface area contributed by atoms with Gasteiger partial charge in [-0.1, -0.05) is 35.0 Å². The first-order valence-corrected chi connectivity index (χ1v) is 11.4. The standard InChI is InChI=1S/C19H18Cl2N2O3S2/c1-23-18(25)16-12-3-2-4-15(12)28-17(16)22-19(23)27-9-11(24)8-26-14-7-10(20)5-6-13(14)21/h5-7,11,24H,2-4,8-9H2,1H3/t11-/m0/s1. The third-order valence-corrected chi connectivity index (χ3v) is 7.54. The van der Waals surface area contributed by atoms with Crippen molar-refractivity contribution in [1.29, 1.82) is 0 Å². The van der Waals surface area contributed by atoms with Crippen LogP contribution in [0.25, 0.3) is 10.2 Å². The smallest absolute Gasteiger partial charge is 0.262 e. The highest BCUT2D eigenvalue weighted by atomic mass is 35.5. The van der Waals surface area contributed by atoms with Crippen LogP contribution in [-0.2, 0) is 19.9 Å². The predicted octanol–water partition coefficient (Wildman–Crippen LogP) is 4.32. The molecule has 28 heavy (non-hydrogen) atoms. The van der Waals surface area contributed by atoms with Crippen molar-refractivity contribution < 1.29 is 9.84 Å². The molecule has 1 aliphatic rings. The Labute approximate surface area is 180 Å². The quantitative estimate of drug-likeness (QED) is 0.441. The van der Waals surface area contributed by atoms with E-state index in [1.807, 2.05) is 0 Å². The lowest BCUT2D eigenvalue weighted by Gasteiger charge is -2.14. The van der Waals surface area contributed by atoms with E-state index in [9.17, 15) is 9.90 Å². The molecule has 5 nitrogen and oxygen atoms in total. The minimum absolute atomic E-state index is 0.0108. The summed E-state index contributed by atoms with van der Waals surface area (Å²) in [4.78, 5) is 19.5. The molecule has 0 amide bonds. The molecule has 3 aromatic rings. The number of thiophene rings is 1. The molecule has 0 bridgehead atoms. The van der Waals surface area contributed by atoms with Gasteiger partial charge in [0, 0.05) is 28.8 Å². The second-order valence-corrected chi connectivity index (χ2v) is 9.56. The molecular weight excluding hydrogens is 439 g/mol. The highest BCUT2D eigenvalue weighted by Crippen LogP contribution is 2.35. The number of aliphatic hydroxyl groups excluding tert-OH is 1. The molecular formula is C19H18Cl2N2O3S2. The van der Waals surface area contributed by atoms with Gasteiger partial charge in [-0.25, -0.2) is 4.98 Å². The van der Waals surface area contributed by atoms with Crippen LogP contribution >= 0.6 is 46.3 Å². The van der Waals surface area contributed by atoms with E-state index in [0.717, 1.165) is 29.5 Å². The van der Waals surface area contributed by atoms with Gasteiger partial charge >= 0.3 is 0 Å². The van der Waals surface area contributed by atoms with Crippen LogP contribution in [-0.4, -0.2) is 33.1 Å². The molecule has 2 aromatic heterocycles. The molecule has 0 saturated heterocycles. The number of benzene rings is 1. The van der Waals surface area contributed by atoms with Crippen molar-refractivity contribution in [1.82, 2.24) is 9.55 Å². The maximum absolute atomic E-state index is 12.8. The Kier molecular flexibility index (Phi) is 5.90. The first kappa shape index (κ1) is 20.0. The predicted molar refractivity (Wildman–Crippen MR) is 116 cm³/mol. The van der Waals surface area contributed by atoms with Crippen molar-refractivity contribution >= 4 is 56.5 Å². The summed E-state index contributed by atoms with van der Waals surface area (Å²) in [7, 11) is 1.73. The van der Waals surface area contributed by atoms with Gasteiger partial charge in [0.2, 0.25) is 0 Å². The zero-order chi connectivity index (χ0) is 19.8. The summed E-state index contributed by atoms with van der Waals surface area (Å²) in [5.74, 6) is 0.771. The molecule has 1 aromatic carbocycles. The fourth-order valence-electron chi connectivity index (χ4n) is 3.23. The van der Waals surface area contributed by atoms with Gasteiger partial charge < -0.3 is 9.84 Å². The molecule has 148 valence electrons. The van der Waals surface area contributed by atoms with Gasteiger partial charge in [0.15, 0.2) is 5.16 Å². The second-order valence-electron chi connectivity index (χ2n) is 6.65. The number of aryl methyl sites for hydroxylation is 2.